The molecule has 1 rings (SSSR count). The smallest absolute Gasteiger partial charge is 0.326 e. The number of hydrogen-bond acceptors (Lipinski definition) is 4. The van der Waals surface area contributed by atoms with Gasteiger partial charge in [0.25, 0.3) is 0 Å². The number of carboxylic acid groups (broad SMARTS) is 1. The zero-order chi connectivity index (χ0) is 14.6. The zero-order valence-corrected chi connectivity index (χ0v) is 11.1. The van der Waals surface area contributed by atoms with Crippen LogP contribution in [0.5, 0.6) is 0 Å². The van der Waals surface area contributed by atoms with Gasteiger partial charge in [-0.2, -0.15) is 0 Å². The van der Waals surface area contributed by atoms with Crippen molar-refractivity contribution in [1.29, 1.82) is 0 Å². The Balaban J connectivity index is 2.54. The van der Waals surface area contributed by atoms with Crippen LogP contribution in [0, 0.1) is 0 Å². The van der Waals surface area contributed by atoms with Gasteiger partial charge in [0.1, 0.15) is 6.04 Å². The van der Waals surface area contributed by atoms with Crippen LogP contribution in [0.4, 0.5) is 4.79 Å². The molecule has 0 saturated carbocycles. The predicted molar refractivity (Wildman–Crippen MR) is 67.4 cm³/mol. The lowest BCUT2D eigenvalue weighted by Crippen LogP contribution is -2.49. The van der Waals surface area contributed by atoms with Crippen LogP contribution in [0.3, 0.4) is 0 Å². The molecule has 19 heavy (non-hydrogen) atoms. The average Bonchev–Trinajstić information content (AvgIpc) is 2.76. The van der Waals surface area contributed by atoms with Crippen LogP contribution >= 0.6 is 0 Å². The number of nitrogens with one attached hydrogen (secondary N) is 1. The molecule has 4 N–H and O–H groups in total. The maximum atomic E-state index is 11.9. The number of primary amides is 1. The van der Waals surface area contributed by atoms with Crippen molar-refractivity contribution >= 4 is 17.9 Å². The minimum absolute atomic E-state index is 0.269. The van der Waals surface area contributed by atoms with Gasteiger partial charge in [0.05, 0.1) is 6.42 Å². The minimum atomic E-state index is -1.27. The fourth-order valence-corrected chi connectivity index (χ4v) is 1.99. The molecule has 0 aromatic rings. The van der Waals surface area contributed by atoms with E-state index in [0.29, 0.717) is 13.1 Å². The molecule has 0 radical (unpaired) electrons. The second-order valence-corrected chi connectivity index (χ2v) is 4.86. The summed E-state index contributed by atoms with van der Waals surface area (Å²) in [4.78, 5) is 37.1. The molecule has 8 heteroatoms. The van der Waals surface area contributed by atoms with Crippen molar-refractivity contribution in [3.05, 3.63) is 0 Å². The number of nitrogens with two attached hydrogens (primary N) is 1. The molecule has 2 atom stereocenters. The number of nitrogens with zero attached hydrogens (tertiary/aromatic N) is 2. The first-order valence-corrected chi connectivity index (χ1v) is 6.04. The summed E-state index contributed by atoms with van der Waals surface area (Å²) in [6.45, 7) is 1.11. The van der Waals surface area contributed by atoms with E-state index in [0.717, 1.165) is 6.42 Å². The fraction of sp³-hybridized carbons (Fsp3) is 0.727. The van der Waals surface area contributed by atoms with E-state index in [2.05, 4.69) is 5.32 Å². The summed E-state index contributed by atoms with van der Waals surface area (Å²) in [6.07, 6.45) is 0.431. The van der Waals surface area contributed by atoms with E-state index < -0.39 is 30.4 Å². The summed E-state index contributed by atoms with van der Waals surface area (Å²) >= 11 is 0. The Hall–Kier alpha value is -1.83. The Kier molecular flexibility index (Phi) is 5.11. The second kappa shape index (κ2) is 6.37. The zero-order valence-electron chi connectivity index (χ0n) is 11.1. The van der Waals surface area contributed by atoms with Crippen molar-refractivity contribution < 1.29 is 19.5 Å². The third-order valence-electron chi connectivity index (χ3n) is 3.18. The van der Waals surface area contributed by atoms with Gasteiger partial charge in [0, 0.05) is 19.1 Å². The topological polar surface area (TPSA) is 116 Å². The Morgan fingerprint density at radius 3 is 2.53 bits per heavy atom. The third kappa shape index (κ3) is 4.40. The van der Waals surface area contributed by atoms with Crippen LogP contribution in [0.25, 0.3) is 0 Å². The van der Waals surface area contributed by atoms with Crippen LogP contribution in [0.2, 0.25) is 0 Å². The highest BCUT2D eigenvalue weighted by Crippen LogP contribution is 2.13. The van der Waals surface area contributed by atoms with Gasteiger partial charge in [-0.1, -0.05) is 0 Å². The number of amides is 3. The van der Waals surface area contributed by atoms with Gasteiger partial charge in [0.2, 0.25) is 5.91 Å². The number of likely N-dealkylation sites (N-methyl/N-ethyl adjacent to an activating group) is 1. The maximum Gasteiger partial charge on any atom is 0.326 e. The molecule has 1 aliphatic heterocycles. The molecule has 1 aliphatic rings. The quantitative estimate of drug-likeness (QED) is 0.573. The van der Waals surface area contributed by atoms with Crippen LogP contribution in [-0.2, 0) is 9.59 Å². The summed E-state index contributed by atoms with van der Waals surface area (Å²) in [7, 11) is 3.86. The molecule has 0 spiro atoms. The molecule has 3 amide bonds. The van der Waals surface area contributed by atoms with Crippen LogP contribution in [0.15, 0.2) is 0 Å². The van der Waals surface area contributed by atoms with Crippen molar-refractivity contribution in [3.8, 4) is 0 Å². The summed E-state index contributed by atoms with van der Waals surface area (Å²) in [5.74, 6) is -2.03. The Bertz CT molecular complexity index is 372. The molecule has 1 heterocycles. The highest BCUT2D eigenvalue weighted by atomic mass is 16.4. The molecular formula is C11H20N4O4. The number of urea groups is 1. The Morgan fingerprint density at radius 1 is 1.47 bits per heavy atom. The number of carbonyl (C=O) groups is 3. The van der Waals surface area contributed by atoms with Crippen molar-refractivity contribution in [2.75, 3.05) is 27.2 Å². The molecule has 1 fully saturated rings. The summed E-state index contributed by atoms with van der Waals surface area (Å²) in [6, 6.07) is -1.48. The van der Waals surface area contributed by atoms with Gasteiger partial charge in [0.15, 0.2) is 0 Å². The minimum Gasteiger partial charge on any atom is -0.480 e. The van der Waals surface area contributed by atoms with E-state index in [1.165, 1.54) is 0 Å². The van der Waals surface area contributed by atoms with Gasteiger partial charge >= 0.3 is 12.0 Å². The normalized spacial score (nSPS) is 20.4. The third-order valence-corrected chi connectivity index (χ3v) is 3.18. The number of aliphatic carboxylic acids is 1. The Morgan fingerprint density at radius 2 is 2.11 bits per heavy atom. The molecule has 1 unspecified atom stereocenters. The second-order valence-electron chi connectivity index (χ2n) is 4.86. The molecule has 1 saturated heterocycles. The summed E-state index contributed by atoms with van der Waals surface area (Å²) in [5.41, 5.74) is 4.95. The first kappa shape index (κ1) is 15.2. The van der Waals surface area contributed by atoms with Crippen LogP contribution in [0.1, 0.15) is 12.8 Å². The monoisotopic (exact) mass is 272 g/mol. The van der Waals surface area contributed by atoms with E-state index in [9.17, 15) is 14.4 Å². The largest absolute Gasteiger partial charge is 0.480 e. The number of carbonyl (C=O) groups excluding carboxylic acids is 2. The summed E-state index contributed by atoms with van der Waals surface area (Å²) in [5, 5.41) is 11.2. The lowest BCUT2D eigenvalue weighted by molar-refractivity contribution is -0.140. The van der Waals surface area contributed by atoms with Gasteiger partial charge in [-0.05, 0) is 20.5 Å². The summed E-state index contributed by atoms with van der Waals surface area (Å²) < 4.78 is 0. The molecule has 0 aromatic heterocycles. The first-order valence-electron chi connectivity index (χ1n) is 6.04. The first-order chi connectivity index (χ1) is 8.81. The van der Waals surface area contributed by atoms with E-state index in [-0.39, 0.29) is 6.04 Å². The molecular weight excluding hydrogens is 252 g/mol. The maximum absolute atomic E-state index is 11.9. The van der Waals surface area contributed by atoms with Gasteiger partial charge in [-0.3, -0.25) is 4.79 Å². The van der Waals surface area contributed by atoms with E-state index in [1.807, 2.05) is 19.0 Å². The molecule has 0 aromatic carbocycles. The van der Waals surface area contributed by atoms with Crippen LogP contribution < -0.4 is 11.1 Å². The van der Waals surface area contributed by atoms with Crippen molar-refractivity contribution in [2.24, 2.45) is 5.73 Å². The van der Waals surface area contributed by atoms with E-state index >= 15 is 0 Å². The van der Waals surface area contributed by atoms with Gasteiger partial charge in [-0.15, -0.1) is 0 Å². The van der Waals surface area contributed by atoms with E-state index in [4.69, 9.17) is 10.8 Å². The Labute approximate surface area is 111 Å². The van der Waals surface area contributed by atoms with Gasteiger partial charge < -0.3 is 26.0 Å². The van der Waals surface area contributed by atoms with Crippen molar-refractivity contribution in [1.82, 2.24) is 15.1 Å². The molecule has 8 nitrogen and oxygen atoms in total. The molecule has 0 aliphatic carbocycles. The van der Waals surface area contributed by atoms with Crippen LogP contribution in [-0.4, -0.2) is 72.1 Å². The predicted octanol–water partition coefficient (Wildman–Crippen LogP) is -1.34. The number of hydrogen-bond donors (Lipinski definition) is 3. The highest BCUT2D eigenvalue weighted by molar-refractivity contribution is 5.87. The number of likely N-dealkylation sites (tertiary alicyclic amines) is 1. The van der Waals surface area contributed by atoms with Crippen molar-refractivity contribution in [3.63, 3.8) is 0 Å². The number of rotatable bonds is 5. The molecule has 0 bridgehead atoms. The lowest BCUT2D eigenvalue weighted by atomic mass is 10.2. The van der Waals surface area contributed by atoms with Gasteiger partial charge in [-0.25, -0.2) is 9.59 Å². The SMILES string of the molecule is CN(C)C1CCN(C(=O)N[C@@H](CC(N)=O)C(=O)O)C1. The molecule has 108 valence electrons. The van der Waals surface area contributed by atoms with Crippen molar-refractivity contribution in [2.45, 2.75) is 24.9 Å². The number of carboxylic acids is 1. The average molecular weight is 272 g/mol. The highest BCUT2D eigenvalue weighted by Gasteiger charge is 2.30. The lowest BCUT2D eigenvalue weighted by Gasteiger charge is -2.22. The fourth-order valence-electron chi connectivity index (χ4n) is 1.99. The standard InChI is InChI=1S/C11H20N4O4/c1-14(2)7-3-4-15(6-7)11(19)13-8(10(17)18)5-9(12)16/h7-8H,3-6H2,1-2H3,(H2,12,16)(H,13,19)(H,17,18)/t7?,8-/m0/s1. The van der Waals surface area contributed by atoms with E-state index in [1.54, 1.807) is 4.90 Å².